The molecule has 0 aliphatic carbocycles. The lowest BCUT2D eigenvalue weighted by Crippen LogP contribution is -2.48. The molecule has 0 bridgehead atoms. The third-order valence-corrected chi connectivity index (χ3v) is 5.66. The average Bonchev–Trinajstić information content (AvgIpc) is 2.84. The molecule has 0 aromatic carbocycles. The van der Waals surface area contributed by atoms with Gasteiger partial charge >= 0.3 is 13.1 Å². The highest BCUT2D eigenvalue weighted by molar-refractivity contribution is 6.61. The monoisotopic (exact) mass is 379 g/mol. The van der Waals surface area contributed by atoms with Crippen molar-refractivity contribution < 1.29 is 23.2 Å². The quantitative estimate of drug-likeness (QED) is 0.582. The fourth-order valence-corrected chi connectivity index (χ4v) is 3.12. The average molecular weight is 379 g/mol. The van der Waals surface area contributed by atoms with Crippen LogP contribution in [0.5, 0.6) is 0 Å². The van der Waals surface area contributed by atoms with Crippen molar-refractivity contribution >= 4 is 24.5 Å². The van der Waals surface area contributed by atoms with Crippen LogP contribution in [0.15, 0.2) is 12.4 Å². The number of alkyl halides is 1. The van der Waals surface area contributed by atoms with Crippen molar-refractivity contribution in [3.05, 3.63) is 12.4 Å². The molecule has 1 aromatic heterocycles. The van der Waals surface area contributed by atoms with Crippen molar-refractivity contribution in [3.8, 4) is 0 Å². The highest BCUT2D eigenvalue weighted by Gasteiger charge is 2.52. The Bertz CT molecular complexity index is 674. The van der Waals surface area contributed by atoms with E-state index in [4.69, 9.17) is 14.0 Å². The van der Waals surface area contributed by atoms with Gasteiger partial charge in [0.1, 0.15) is 0 Å². The summed E-state index contributed by atoms with van der Waals surface area (Å²) in [5.41, 5.74) is -2.04. The van der Waals surface area contributed by atoms with E-state index in [-0.39, 0.29) is 19.4 Å². The van der Waals surface area contributed by atoms with Gasteiger partial charge in [0.05, 0.1) is 17.8 Å². The Morgan fingerprint density at radius 1 is 1.19 bits per heavy atom. The first-order valence-corrected chi connectivity index (χ1v) is 9.37. The normalized spacial score (nSPS) is 23.3. The fourth-order valence-electron chi connectivity index (χ4n) is 3.12. The Kier molecular flexibility index (Phi) is 5.20. The number of ether oxygens (including phenoxy) is 1. The molecule has 0 spiro atoms. The van der Waals surface area contributed by atoms with Crippen LogP contribution in [0, 0.1) is 0 Å². The van der Waals surface area contributed by atoms with Gasteiger partial charge in [-0.3, -0.25) is 0 Å². The molecule has 0 atom stereocenters. The number of nitrogens with zero attached hydrogens (tertiary/aromatic N) is 3. The van der Waals surface area contributed by atoms with E-state index in [9.17, 15) is 9.18 Å². The van der Waals surface area contributed by atoms with Gasteiger partial charge in [0.15, 0.2) is 0 Å². The molecule has 27 heavy (non-hydrogen) atoms. The third-order valence-electron chi connectivity index (χ3n) is 5.66. The maximum Gasteiger partial charge on any atom is 0.498 e. The second-order valence-electron chi connectivity index (χ2n) is 8.08. The topological polar surface area (TPSA) is 73.8 Å². The summed E-state index contributed by atoms with van der Waals surface area (Å²) in [7, 11) is -0.521. The lowest BCUT2D eigenvalue weighted by atomic mass is 9.81. The van der Waals surface area contributed by atoms with Gasteiger partial charge in [-0.15, -0.1) is 0 Å². The zero-order valence-electron chi connectivity index (χ0n) is 16.6. The second-order valence-corrected chi connectivity index (χ2v) is 8.08. The molecule has 3 heterocycles. The van der Waals surface area contributed by atoms with E-state index < -0.39 is 30.0 Å². The third kappa shape index (κ3) is 3.80. The molecular formula is C18H27BFN3O4. The number of aromatic nitrogens is 2. The first-order chi connectivity index (χ1) is 12.6. The van der Waals surface area contributed by atoms with Gasteiger partial charge in [-0.05, 0) is 34.6 Å². The minimum absolute atomic E-state index is 0.0637. The largest absolute Gasteiger partial charge is 0.498 e. The molecule has 2 aliphatic heterocycles. The first kappa shape index (κ1) is 20.0. The standard InChI is InChI=1S/C18H27BFN3O4/c1-6-25-14(24)18(20)7-9-23(10-8-18)15-21-11-13(12-22-15)19-26-16(2,3)17(4,5)27-19/h11-12H,6-10H2,1-5H3. The van der Waals surface area contributed by atoms with Crippen molar-refractivity contribution in [2.45, 2.75) is 64.3 Å². The lowest BCUT2D eigenvalue weighted by Gasteiger charge is -2.34. The summed E-state index contributed by atoms with van der Waals surface area (Å²) in [5.74, 6) is -0.275. The van der Waals surface area contributed by atoms with E-state index in [1.807, 2.05) is 32.6 Å². The Balaban J connectivity index is 1.63. The smallest absolute Gasteiger partial charge is 0.464 e. The Morgan fingerprint density at radius 2 is 1.70 bits per heavy atom. The summed E-state index contributed by atoms with van der Waals surface area (Å²) in [4.78, 5) is 22.4. The SMILES string of the molecule is CCOC(=O)C1(F)CCN(c2ncc(B3OC(C)(C)C(C)(C)O3)cn2)CC1. The molecule has 0 N–H and O–H groups in total. The van der Waals surface area contributed by atoms with Crippen LogP contribution in [0.1, 0.15) is 47.5 Å². The Morgan fingerprint density at radius 3 is 2.19 bits per heavy atom. The molecule has 2 aliphatic rings. The molecule has 9 heteroatoms. The van der Waals surface area contributed by atoms with E-state index >= 15 is 0 Å². The van der Waals surface area contributed by atoms with E-state index in [1.54, 1.807) is 19.3 Å². The molecule has 3 rings (SSSR count). The van der Waals surface area contributed by atoms with Crippen LogP contribution < -0.4 is 10.4 Å². The van der Waals surface area contributed by atoms with Crippen LogP contribution in [-0.4, -0.2) is 59.6 Å². The number of carbonyl (C=O) groups is 1. The second kappa shape index (κ2) is 7.02. The van der Waals surface area contributed by atoms with Crippen molar-refractivity contribution in [3.63, 3.8) is 0 Å². The number of hydrogen-bond donors (Lipinski definition) is 0. The summed E-state index contributed by atoms with van der Waals surface area (Å²) >= 11 is 0. The summed E-state index contributed by atoms with van der Waals surface area (Å²) in [6.45, 7) is 10.5. The molecule has 0 amide bonds. The number of halogens is 1. The van der Waals surface area contributed by atoms with Crippen LogP contribution in [0.4, 0.5) is 10.3 Å². The summed E-state index contributed by atoms with van der Waals surface area (Å²) in [6.07, 6.45) is 3.47. The predicted octanol–water partition coefficient (Wildman–Crippen LogP) is 1.65. The fraction of sp³-hybridized carbons (Fsp3) is 0.722. The van der Waals surface area contributed by atoms with Crippen molar-refractivity contribution in [1.82, 2.24) is 9.97 Å². The number of anilines is 1. The van der Waals surface area contributed by atoms with Gasteiger partial charge < -0.3 is 18.9 Å². The van der Waals surface area contributed by atoms with Gasteiger partial charge in [0.25, 0.3) is 0 Å². The maximum absolute atomic E-state index is 14.7. The Labute approximate surface area is 159 Å². The van der Waals surface area contributed by atoms with Crippen molar-refractivity contribution in [2.24, 2.45) is 0 Å². The van der Waals surface area contributed by atoms with Gasteiger partial charge in [-0.2, -0.15) is 0 Å². The molecule has 0 unspecified atom stereocenters. The van der Waals surface area contributed by atoms with E-state index in [1.165, 1.54) is 0 Å². The lowest BCUT2D eigenvalue weighted by molar-refractivity contribution is -0.158. The molecule has 0 radical (unpaired) electrons. The van der Waals surface area contributed by atoms with Crippen molar-refractivity contribution in [2.75, 3.05) is 24.6 Å². The van der Waals surface area contributed by atoms with E-state index in [2.05, 4.69) is 9.97 Å². The van der Waals surface area contributed by atoms with Crippen LogP contribution in [0.2, 0.25) is 0 Å². The number of esters is 1. The highest BCUT2D eigenvalue weighted by Crippen LogP contribution is 2.36. The molecule has 148 valence electrons. The van der Waals surface area contributed by atoms with Gasteiger partial charge in [-0.1, -0.05) is 0 Å². The number of carbonyl (C=O) groups excluding carboxylic acids is 1. The minimum Gasteiger partial charge on any atom is -0.464 e. The molecule has 1 aromatic rings. The van der Waals surface area contributed by atoms with Crippen LogP contribution in [0.25, 0.3) is 0 Å². The van der Waals surface area contributed by atoms with Gasteiger partial charge in [-0.25, -0.2) is 19.2 Å². The maximum atomic E-state index is 14.7. The molecular weight excluding hydrogens is 352 g/mol. The van der Waals surface area contributed by atoms with Crippen LogP contribution in [0.3, 0.4) is 0 Å². The summed E-state index contributed by atoms with van der Waals surface area (Å²) < 4.78 is 31.5. The summed E-state index contributed by atoms with van der Waals surface area (Å²) in [6, 6.07) is 0. The molecule has 2 fully saturated rings. The van der Waals surface area contributed by atoms with E-state index in [0.29, 0.717) is 19.0 Å². The molecule has 2 saturated heterocycles. The predicted molar refractivity (Wildman–Crippen MR) is 99.7 cm³/mol. The van der Waals surface area contributed by atoms with Crippen LogP contribution in [-0.2, 0) is 18.8 Å². The zero-order valence-corrected chi connectivity index (χ0v) is 16.6. The Hall–Kier alpha value is -1.74. The molecule has 0 saturated carbocycles. The van der Waals surface area contributed by atoms with E-state index in [0.717, 1.165) is 5.46 Å². The molecule has 7 nitrogen and oxygen atoms in total. The first-order valence-electron chi connectivity index (χ1n) is 9.37. The van der Waals surface area contributed by atoms with Gasteiger partial charge in [0, 0.05) is 43.8 Å². The van der Waals surface area contributed by atoms with Gasteiger partial charge in [0.2, 0.25) is 11.6 Å². The number of hydrogen-bond acceptors (Lipinski definition) is 7. The summed E-state index contributed by atoms with van der Waals surface area (Å²) in [5, 5.41) is 0. The number of rotatable bonds is 4. The van der Waals surface area contributed by atoms with Crippen molar-refractivity contribution in [1.29, 1.82) is 0 Å². The highest BCUT2D eigenvalue weighted by atomic mass is 19.1. The number of piperidine rings is 1. The van der Waals surface area contributed by atoms with Crippen LogP contribution >= 0.6 is 0 Å². The minimum atomic E-state index is -1.92. The zero-order chi connectivity index (χ0) is 19.9.